The van der Waals surface area contributed by atoms with E-state index >= 15 is 0 Å². The summed E-state index contributed by atoms with van der Waals surface area (Å²) in [6, 6.07) is 19.1. The van der Waals surface area contributed by atoms with Crippen molar-refractivity contribution in [3.8, 4) is 0 Å². The van der Waals surface area contributed by atoms with Crippen molar-refractivity contribution in [1.29, 1.82) is 0 Å². The third-order valence-electron chi connectivity index (χ3n) is 6.13. The van der Waals surface area contributed by atoms with Gasteiger partial charge in [-0.15, -0.1) is 0 Å². The number of aryl methyl sites for hydroxylation is 6. The molecule has 0 atom stereocenters. The van der Waals surface area contributed by atoms with Crippen LogP contribution in [-0.2, 0) is 11.9 Å². The first-order chi connectivity index (χ1) is 16.1. The minimum absolute atomic E-state index is 0.835. The Labute approximate surface area is 214 Å². The Morgan fingerprint density at radius 3 is 1.53 bits per heavy atom. The van der Waals surface area contributed by atoms with Crippen LogP contribution in [0.3, 0.4) is 0 Å². The third-order valence-corrected chi connectivity index (χ3v) is 11.3. The van der Waals surface area contributed by atoms with Crippen molar-refractivity contribution >= 4 is 45.5 Å². The average Bonchev–Trinajstić information content (AvgIpc) is 3.17. The number of hydrogen-bond donors (Lipinski definition) is 0. The van der Waals surface area contributed by atoms with Gasteiger partial charge >= 0.3 is 215 Å². The van der Waals surface area contributed by atoms with Gasteiger partial charge in [-0.3, -0.25) is 0 Å². The van der Waals surface area contributed by atoms with Crippen molar-refractivity contribution < 1.29 is 11.9 Å². The van der Waals surface area contributed by atoms with Gasteiger partial charge in [-0.05, 0) is 0 Å². The molecule has 0 unspecified atom stereocenters. The summed E-state index contributed by atoms with van der Waals surface area (Å²) in [7, 11) is 14.7. The van der Waals surface area contributed by atoms with Gasteiger partial charge in [-0.2, -0.15) is 0 Å². The number of rotatable bonds is 3. The van der Waals surface area contributed by atoms with E-state index in [4.69, 9.17) is 19.4 Å². The summed E-state index contributed by atoms with van der Waals surface area (Å²) in [5, 5.41) is 0. The molecule has 0 radical (unpaired) electrons. The minimum atomic E-state index is -3.56. The summed E-state index contributed by atoms with van der Waals surface area (Å²) >= 11 is -3.56. The molecular formula is C29H32Cl2N2Ru. The molecule has 0 spiro atoms. The quantitative estimate of drug-likeness (QED) is 0.296. The topological polar surface area (TPSA) is 6.48 Å². The first-order valence-corrected chi connectivity index (χ1v) is 17.7. The van der Waals surface area contributed by atoms with E-state index in [-0.39, 0.29) is 0 Å². The van der Waals surface area contributed by atoms with E-state index in [0.717, 1.165) is 23.0 Å². The van der Waals surface area contributed by atoms with Crippen LogP contribution in [0.15, 0.2) is 54.6 Å². The summed E-state index contributed by atoms with van der Waals surface area (Å²) in [4.78, 5) is 4.72. The molecule has 0 aromatic heterocycles. The SMILES string of the molecule is Cc1cc(C)c(N2CCN(c3c(C)cc(C)cc3C)[C]2=[Ru]([Cl])([Cl])=[C]=Cc2ccccc2)c(C)c1. The van der Waals surface area contributed by atoms with Crippen LogP contribution in [0.2, 0.25) is 0 Å². The summed E-state index contributed by atoms with van der Waals surface area (Å²) in [5.41, 5.74) is 11.0. The van der Waals surface area contributed by atoms with E-state index in [0.29, 0.717) is 0 Å². The van der Waals surface area contributed by atoms with Gasteiger partial charge < -0.3 is 0 Å². The summed E-state index contributed by atoms with van der Waals surface area (Å²) in [6.45, 7) is 14.7. The molecule has 3 aromatic carbocycles. The number of benzene rings is 3. The van der Waals surface area contributed by atoms with E-state index in [9.17, 15) is 0 Å². The second-order valence-corrected chi connectivity index (χ2v) is 17.9. The summed E-state index contributed by atoms with van der Waals surface area (Å²) < 4.78 is 4.47. The van der Waals surface area contributed by atoms with Crippen LogP contribution in [0.4, 0.5) is 11.4 Å². The molecule has 3 aromatic rings. The molecule has 1 aliphatic rings. The second-order valence-electron chi connectivity index (χ2n) is 9.12. The number of hydrogen-bond acceptors (Lipinski definition) is 2. The molecule has 5 heteroatoms. The van der Waals surface area contributed by atoms with Gasteiger partial charge in [-0.25, -0.2) is 0 Å². The van der Waals surface area contributed by atoms with Gasteiger partial charge in [0.1, 0.15) is 0 Å². The molecule has 1 aliphatic heterocycles. The van der Waals surface area contributed by atoms with Gasteiger partial charge in [0.05, 0.1) is 0 Å². The number of anilines is 2. The van der Waals surface area contributed by atoms with Crippen LogP contribution in [0.5, 0.6) is 0 Å². The molecular weight excluding hydrogens is 548 g/mol. The zero-order valence-electron chi connectivity index (χ0n) is 20.7. The maximum atomic E-state index is 7.33. The van der Waals surface area contributed by atoms with Crippen molar-refractivity contribution in [2.24, 2.45) is 0 Å². The normalized spacial score (nSPS) is 14.4. The molecule has 0 N–H and O–H groups in total. The fraction of sp³-hybridized carbons (Fsp3) is 0.276. The van der Waals surface area contributed by atoms with E-state index in [1.54, 1.807) is 0 Å². The fourth-order valence-electron chi connectivity index (χ4n) is 5.08. The first-order valence-electron chi connectivity index (χ1n) is 11.4. The maximum absolute atomic E-state index is 7.33. The molecule has 2 nitrogen and oxygen atoms in total. The van der Waals surface area contributed by atoms with E-state index < -0.39 is 11.9 Å². The van der Waals surface area contributed by atoms with Gasteiger partial charge in [0.2, 0.25) is 0 Å². The summed E-state index contributed by atoms with van der Waals surface area (Å²) in [6.07, 6.45) is 1.96. The second kappa shape index (κ2) is 9.92. The molecule has 4 rings (SSSR count). The first kappa shape index (κ1) is 25.1. The van der Waals surface area contributed by atoms with Crippen molar-refractivity contribution in [3.63, 3.8) is 0 Å². The van der Waals surface area contributed by atoms with E-state index in [1.165, 1.54) is 44.8 Å². The molecule has 0 bridgehead atoms. The van der Waals surface area contributed by atoms with E-state index in [2.05, 4.69) is 79.9 Å². The Kier molecular flexibility index (Phi) is 7.32. The Morgan fingerprint density at radius 2 is 1.12 bits per heavy atom. The molecule has 1 fully saturated rings. The molecule has 0 amide bonds. The Balaban J connectivity index is 2.03. The van der Waals surface area contributed by atoms with Crippen LogP contribution in [0.25, 0.3) is 6.08 Å². The Morgan fingerprint density at radius 1 is 0.706 bits per heavy atom. The number of nitrogens with zero attached hydrogens (tertiary/aromatic N) is 2. The predicted octanol–water partition coefficient (Wildman–Crippen LogP) is 7.53. The van der Waals surface area contributed by atoms with Crippen LogP contribution >= 0.6 is 19.4 Å². The van der Waals surface area contributed by atoms with Crippen LogP contribution in [0.1, 0.15) is 38.9 Å². The van der Waals surface area contributed by atoms with Crippen LogP contribution in [0, 0.1) is 41.5 Å². The Bertz CT molecular complexity index is 1290. The van der Waals surface area contributed by atoms with Gasteiger partial charge in [0.25, 0.3) is 0 Å². The molecule has 1 heterocycles. The zero-order valence-corrected chi connectivity index (χ0v) is 23.9. The Hall–Kier alpha value is -2.02. The van der Waals surface area contributed by atoms with Gasteiger partial charge in [0, 0.05) is 0 Å². The molecule has 0 saturated carbocycles. The van der Waals surface area contributed by atoms with Crippen molar-refractivity contribution in [1.82, 2.24) is 0 Å². The van der Waals surface area contributed by atoms with Crippen LogP contribution < -0.4 is 9.80 Å². The van der Waals surface area contributed by atoms with E-state index in [1.807, 2.05) is 36.4 Å². The standard InChI is InChI=1S/C21H26N2.C8H6.2ClH.Ru/c1-14-9-16(3)20(17(4)10-14)22-7-8-23(13-22)21-18(5)11-15(2)12-19(21)6;1-2-8-6-4-3-5-7-8;;;/h9-12H,7-8H2,1-6H3;2-7H;2*1H;/q;;;;+2/p-2. The molecule has 34 heavy (non-hydrogen) atoms. The molecule has 1 saturated heterocycles. The van der Waals surface area contributed by atoms with Gasteiger partial charge in [-0.1, -0.05) is 0 Å². The monoisotopic (exact) mass is 580 g/mol. The van der Waals surface area contributed by atoms with Crippen molar-refractivity contribution in [2.75, 3.05) is 22.9 Å². The van der Waals surface area contributed by atoms with Gasteiger partial charge in [0.15, 0.2) is 0 Å². The molecule has 180 valence electrons. The van der Waals surface area contributed by atoms with Crippen LogP contribution in [-0.4, -0.2) is 21.7 Å². The third kappa shape index (κ3) is 5.00. The molecule has 0 aliphatic carbocycles. The number of halogens is 2. The zero-order chi connectivity index (χ0) is 24.6. The van der Waals surface area contributed by atoms with Crippen molar-refractivity contribution in [3.05, 3.63) is 93.5 Å². The van der Waals surface area contributed by atoms with Crippen molar-refractivity contribution in [2.45, 2.75) is 41.5 Å². The average molecular weight is 581 g/mol. The summed E-state index contributed by atoms with van der Waals surface area (Å²) in [5.74, 6) is 0. The predicted molar refractivity (Wildman–Crippen MR) is 149 cm³/mol. The fourth-order valence-corrected chi connectivity index (χ4v) is 10.0.